The number of nitrogens with one attached hydrogen (secondary N) is 1. The molecule has 22 heavy (non-hydrogen) atoms. The molecule has 1 aliphatic heterocycles. The summed E-state index contributed by atoms with van der Waals surface area (Å²) in [7, 11) is 0. The van der Waals surface area contributed by atoms with Gasteiger partial charge in [0.1, 0.15) is 5.82 Å². The molecule has 3 heteroatoms. The van der Waals surface area contributed by atoms with Crippen LogP contribution in [0, 0.1) is 19.7 Å². The van der Waals surface area contributed by atoms with E-state index in [1.807, 2.05) is 12.1 Å². The lowest BCUT2D eigenvalue weighted by atomic mass is 9.92. The highest BCUT2D eigenvalue weighted by atomic mass is 19.1. The van der Waals surface area contributed by atoms with Crippen LogP contribution >= 0.6 is 0 Å². The van der Waals surface area contributed by atoms with E-state index in [4.69, 9.17) is 0 Å². The van der Waals surface area contributed by atoms with Crippen molar-refractivity contribution >= 4 is 0 Å². The third-order valence-corrected chi connectivity index (χ3v) is 4.43. The maximum Gasteiger partial charge on any atom is 0.123 e. The van der Waals surface area contributed by atoms with E-state index in [1.54, 1.807) is 12.1 Å². The van der Waals surface area contributed by atoms with Gasteiger partial charge in [0.05, 0.1) is 6.04 Å². The summed E-state index contributed by atoms with van der Waals surface area (Å²) >= 11 is 0. The van der Waals surface area contributed by atoms with Gasteiger partial charge in [-0.25, -0.2) is 4.39 Å². The molecule has 0 aromatic heterocycles. The number of rotatable bonds is 3. The second kappa shape index (κ2) is 6.59. The highest BCUT2D eigenvalue weighted by molar-refractivity contribution is 5.39. The summed E-state index contributed by atoms with van der Waals surface area (Å²) < 4.78 is 13.3. The van der Waals surface area contributed by atoms with Crippen molar-refractivity contribution in [1.82, 2.24) is 10.2 Å². The second-order valence-electron chi connectivity index (χ2n) is 6.10. The first-order chi connectivity index (χ1) is 10.6. The molecule has 1 atom stereocenters. The van der Waals surface area contributed by atoms with Crippen molar-refractivity contribution in [2.75, 3.05) is 26.2 Å². The minimum absolute atomic E-state index is 0.177. The van der Waals surface area contributed by atoms with E-state index in [9.17, 15) is 4.39 Å². The molecule has 1 unspecified atom stereocenters. The van der Waals surface area contributed by atoms with Gasteiger partial charge >= 0.3 is 0 Å². The maximum absolute atomic E-state index is 13.3. The largest absolute Gasteiger partial charge is 0.314 e. The Morgan fingerprint density at radius 3 is 2.36 bits per heavy atom. The summed E-state index contributed by atoms with van der Waals surface area (Å²) in [5, 5.41) is 3.41. The Kier molecular flexibility index (Phi) is 4.55. The minimum atomic E-state index is -0.177. The third kappa shape index (κ3) is 3.21. The van der Waals surface area contributed by atoms with Crippen LogP contribution in [0.15, 0.2) is 42.5 Å². The van der Waals surface area contributed by atoms with Gasteiger partial charge < -0.3 is 5.32 Å². The summed E-state index contributed by atoms with van der Waals surface area (Å²) in [6.45, 7) is 8.31. The Morgan fingerprint density at radius 2 is 1.68 bits per heavy atom. The van der Waals surface area contributed by atoms with Crippen molar-refractivity contribution in [3.8, 4) is 0 Å². The van der Waals surface area contributed by atoms with E-state index >= 15 is 0 Å². The first-order valence-corrected chi connectivity index (χ1v) is 7.92. The highest BCUT2D eigenvalue weighted by Gasteiger charge is 2.25. The van der Waals surface area contributed by atoms with Gasteiger partial charge in [-0.15, -0.1) is 0 Å². The number of halogens is 1. The summed E-state index contributed by atoms with van der Waals surface area (Å²) in [5.41, 5.74) is 5.05. The van der Waals surface area contributed by atoms with Gasteiger partial charge in [0.15, 0.2) is 0 Å². The first-order valence-electron chi connectivity index (χ1n) is 7.92. The number of hydrogen-bond donors (Lipinski definition) is 1. The Bertz CT molecular complexity index is 630. The van der Waals surface area contributed by atoms with Crippen LogP contribution in [0.25, 0.3) is 0 Å². The lowest BCUT2D eigenvalue weighted by Gasteiger charge is -2.36. The summed E-state index contributed by atoms with van der Waals surface area (Å²) in [5.74, 6) is -0.177. The quantitative estimate of drug-likeness (QED) is 0.934. The smallest absolute Gasteiger partial charge is 0.123 e. The van der Waals surface area contributed by atoms with Crippen molar-refractivity contribution in [3.05, 3.63) is 70.5 Å². The first kappa shape index (κ1) is 15.2. The van der Waals surface area contributed by atoms with Crippen LogP contribution in [0.5, 0.6) is 0 Å². The average molecular weight is 298 g/mol. The molecule has 1 heterocycles. The minimum Gasteiger partial charge on any atom is -0.314 e. The van der Waals surface area contributed by atoms with Crippen molar-refractivity contribution in [3.63, 3.8) is 0 Å². The Hall–Kier alpha value is -1.71. The summed E-state index contributed by atoms with van der Waals surface area (Å²) in [6, 6.07) is 13.8. The molecule has 1 fully saturated rings. The number of nitrogens with zero attached hydrogens (tertiary/aromatic N) is 1. The van der Waals surface area contributed by atoms with E-state index < -0.39 is 0 Å². The maximum atomic E-state index is 13.3. The molecule has 0 bridgehead atoms. The zero-order valence-corrected chi connectivity index (χ0v) is 13.3. The van der Waals surface area contributed by atoms with Crippen LogP contribution in [0.4, 0.5) is 4.39 Å². The van der Waals surface area contributed by atoms with Crippen molar-refractivity contribution in [2.45, 2.75) is 19.9 Å². The monoisotopic (exact) mass is 298 g/mol. The molecule has 0 amide bonds. The fourth-order valence-electron chi connectivity index (χ4n) is 3.23. The number of benzene rings is 2. The Balaban J connectivity index is 2.05. The molecule has 0 spiro atoms. The van der Waals surface area contributed by atoms with Crippen molar-refractivity contribution < 1.29 is 4.39 Å². The van der Waals surface area contributed by atoms with Crippen LogP contribution in [-0.4, -0.2) is 31.1 Å². The number of piperazine rings is 1. The predicted octanol–water partition coefficient (Wildman–Crippen LogP) is 3.44. The summed E-state index contributed by atoms with van der Waals surface area (Å²) in [4.78, 5) is 2.49. The molecule has 1 N–H and O–H groups in total. The van der Waals surface area contributed by atoms with Crippen LogP contribution in [0.2, 0.25) is 0 Å². The molecule has 1 saturated heterocycles. The van der Waals surface area contributed by atoms with E-state index in [0.29, 0.717) is 0 Å². The molecule has 2 nitrogen and oxygen atoms in total. The molecular weight excluding hydrogens is 275 g/mol. The predicted molar refractivity (Wildman–Crippen MR) is 88.6 cm³/mol. The van der Waals surface area contributed by atoms with Crippen LogP contribution < -0.4 is 5.32 Å². The average Bonchev–Trinajstić information content (AvgIpc) is 2.54. The Labute approximate surface area is 132 Å². The molecule has 1 aliphatic rings. The van der Waals surface area contributed by atoms with E-state index in [-0.39, 0.29) is 11.9 Å². The van der Waals surface area contributed by atoms with Gasteiger partial charge in [0.2, 0.25) is 0 Å². The molecule has 2 aromatic rings. The van der Waals surface area contributed by atoms with Gasteiger partial charge in [0.25, 0.3) is 0 Å². The fraction of sp³-hybridized carbons (Fsp3) is 0.368. The highest BCUT2D eigenvalue weighted by Crippen LogP contribution is 2.31. The number of hydrogen-bond acceptors (Lipinski definition) is 2. The zero-order valence-electron chi connectivity index (χ0n) is 13.3. The summed E-state index contributed by atoms with van der Waals surface area (Å²) in [6.07, 6.45) is 0. The topological polar surface area (TPSA) is 15.3 Å². The molecule has 0 saturated carbocycles. The molecule has 2 aromatic carbocycles. The van der Waals surface area contributed by atoms with E-state index in [1.165, 1.54) is 16.7 Å². The van der Waals surface area contributed by atoms with Gasteiger partial charge in [-0.1, -0.05) is 35.9 Å². The van der Waals surface area contributed by atoms with Crippen LogP contribution in [0.1, 0.15) is 28.3 Å². The molecule has 3 rings (SSSR count). The normalized spacial score (nSPS) is 17.4. The standard InChI is InChI=1S/C19H23FN2/c1-14-3-4-15(2)18(13-14)19(22-11-9-21-10-12-22)16-5-7-17(20)8-6-16/h3-8,13,19,21H,9-12H2,1-2H3. The van der Waals surface area contributed by atoms with E-state index in [2.05, 4.69) is 42.3 Å². The molecule has 0 radical (unpaired) electrons. The lowest BCUT2D eigenvalue weighted by Crippen LogP contribution is -2.45. The Morgan fingerprint density at radius 1 is 1.00 bits per heavy atom. The van der Waals surface area contributed by atoms with Crippen LogP contribution in [-0.2, 0) is 0 Å². The van der Waals surface area contributed by atoms with Gasteiger partial charge in [-0.3, -0.25) is 4.90 Å². The SMILES string of the molecule is Cc1ccc(C)c(C(c2ccc(F)cc2)N2CCNCC2)c1. The molecular formula is C19H23FN2. The van der Waals surface area contributed by atoms with E-state index in [0.717, 1.165) is 31.7 Å². The van der Waals surface area contributed by atoms with Gasteiger partial charge in [-0.2, -0.15) is 0 Å². The zero-order chi connectivity index (χ0) is 15.5. The van der Waals surface area contributed by atoms with Crippen molar-refractivity contribution in [2.24, 2.45) is 0 Å². The molecule has 116 valence electrons. The fourth-order valence-corrected chi connectivity index (χ4v) is 3.23. The molecule has 0 aliphatic carbocycles. The van der Waals surface area contributed by atoms with Crippen molar-refractivity contribution in [1.29, 1.82) is 0 Å². The van der Waals surface area contributed by atoms with Gasteiger partial charge in [0, 0.05) is 26.2 Å². The lowest BCUT2D eigenvalue weighted by molar-refractivity contribution is 0.198. The van der Waals surface area contributed by atoms with Gasteiger partial charge in [-0.05, 0) is 42.7 Å². The van der Waals surface area contributed by atoms with Crippen LogP contribution in [0.3, 0.4) is 0 Å². The number of aryl methyl sites for hydroxylation is 2. The third-order valence-electron chi connectivity index (χ3n) is 4.43. The second-order valence-corrected chi connectivity index (χ2v) is 6.10.